The molecule has 1 unspecified atom stereocenters. The Hall–Kier alpha value is -1.73. The number of carbonyl (C=O) groups is 1. The van der Waals surface area contributed by atoms with Crippen LogP contribution in [0.3, 0.4) is 0 Å². The number of ether oxygens (including phenoxy) is 1. The van der Waals surface area contributed by atoms with E-state index in [1.165, 1.54) is 25.1 Å². The summed E-state index contributed by atoms with van der Waals surface area (Å²) in [6.07, 6.45) is 3.65. The van der Waals surface area contributed by atoms with Gasteiger partial charge in [0.25, 0.3) is 5.69 Å². The normalized spacial score (nSPS) is 16.1. The van der Waals surface area contributed by atoms with E-state index in [4.69, 9.17) is 4.74 Å². The van der Waals surface area contributed by atoms with Crippen molar-refractivity contribution < 1.29 is 14.5 Å². The third-order valence-electron chi connectivity index (χ3n) is 3.99. The maximum absolute atomic E-state index is 12.3. The molecule has 0 spiro atoms. The summed E-state index contributed by atoms with van der Waals surface area (Å²) in [5.74, 6) is 0.513. The highest BCUT2D eigenvalue weighted by Gasteiger charge is 2.32. The summed E-state index contributed by atoms with van der Waals surface area (Å²) < 4.78 is 5.10. The summed E-state index contributed by atoms with van der Waals surface area (Å²) in [6, 6.07) is 1.62. The van der Waals surface area contributed by atoms with Crippen molar-refractivity contribution in [3.63, 3.8) is 0 Å². The quantitative estimate of drug-likeness (QED) is 0.427. The van der Waals surface area contributed by atoms with Gasteiger partial charge < -0.3 is 9.72 Å². The Bertz CT molecular complexity index is 510. The van der Waals surface area contributed by atoms with Crippen molar-refractivity contribution in [1.29, 1.82) is 0 Å². The number of nitrogens with zero attached hydrogens (tertiary/aromatic N) is 2. The molecule has 21 heavy (non-hydrogen) atoms. The van der Waals surface area contributed by atoms with E-state index >= 15 is 0 Å². The summed E-state index contributed by atoms with van der Waals surface area (Å²) >= 11 is 0. The molecule has 0 aromatic carbocycles. The molecule has 1 aromatic rings. The molecule has 1 heterocycles. The average Bonchev–Trinajstić information content (AvgIpc) is 3.18. The SMILES string of the molecule is COCCN(CC(=O)c1cc([N+](=O)[O-])c[nH]1)C(C)C1CC1. The molecule has 116 valence electrons. The Kier molecular flexibility index (Phi) is 5.08. The highest BCUT2D eigenvalue weighted by molar-refractivity contribution is 5.96. The zero-order valence-corrected chi connectivity index (χ0v) is 12.4. The first-order valence-electron chi connectivity index (χ1n) is 7.12. The minimum Gasteiger partial charge on any atom is -0.383 e. The molecule has 1 saturated carbocycles. The summed E-state index contributed by atoms with van der Waals surface area (Å²) in [7, 11) is 1.64. The Labute approximate surface area is 123 Å². The largest absolute Gasteiger partial charge is 0.383 e. The van der Waals surface area contributed by atoms with E-state index in [9.17, 15) is 14.9 Å². The number of nitro groups is 1. The number of carbonyl (C=O) groups excluding carboxylic acids is 1. The van der Waals surface area contributed by atoms with Crippen molar-refractivity contribution >= 4 is 11.5 Å². The molecule has 1 atom stereocenters. The first kappa shape index (κ1) is 15.7. The van der Waals surface area contributed by atoms with Crippen LogP contribution >= 0.6 is 0 Å². The lowest BCUT2D eigenvalue weighted by Gasteiger charge is -2.28. The van der Waals surface area contributed by atoms with E-state index in [1.54, 1.807) is 7.11 Å². The van der Waals surface area contributed by atoms with Gasteiger partial charge in [0.2, 0.25) is 0 Å². The monoisotopic (exact) mass is 295 g/mol. The fourth-order valence-corrected chi connectivity index (χ4v) is 2.43. The minimum absolute atomic E-state index is 0.0861. The topological polar surface area (TPSA) is 88.5 Å². The molecule has 7 heteroatoms. The summed E-state index contributed by atoms with van der Waals surface area (Å²) in [4.78, 5) is 27.2. The first-order chi connectivity index (χ1) is 10.0. The molecule has 0 aliphatic heterocycles. The van der Waals surface area contributed by atoms with E-state index < -0.39 is 4.92 Å². The van der Waals surface area contributed by atoms with Gasteiger partial charge in [-0.25, -0.2) is 0 Å². The zero-order chi connectivity index (χ0) is 15.4. The van der Waals surface area contributed by atoms with Gasteiger partial charge in [-0.3, -0.25) is 19.8 Å². The highest BCUT2D eigenvalue weighted by atomic mass is 16.6. The summed E-state index contributed by atoms with van der Waals surface area (Å²) in [6.45, 7) is 3.62. The van der Waals surface area contributed by atoms with Gasteiger partial charge in [-0.05, 0) is 25.7 Å². The van der Waals surface area contributed by atoms with Crippen molar-refractivity contribution in [3.05, 3.63) is 28.1 Å². The third-order valence-corrected chi connectivity index (χ3v) is 3.99. The number of Topliss-reactive ketones (excluding diaryl/α,β-unsaturated/α-hetero) is 1. The van der Waals surface area contributed by atoms with Crippen molar-refractivity contribution in [3.8, 4) is 0 Å². The lowest BCUT2D eigenvalue weighted by atomic mass is 10.1. The Morgan fingerprint density at radius 1 is 1.62 bits per heavy atom. The van der Waals surface area contributed by atoms with Crippen LogP contribution in [-0.2, 0) is 4.74 Å². The highest BCUT2D eigenvalue weighted by Crippen LogP contribution is 2.35. The van der Waals surface area contributed by atoms with Crippen molar-refractivity contribution in [2.75, 3.05) is 26.8 Å². The second-order valence-corrected chi connectivity index (χ2v) is 5.49. The van der Waals surface area contributed by atoms with Crippen LogP contribution in [0.4, 0.5) is 5.69 Å². The molecule has 0 bridgehead atoms. The fourth-order valence-electron chi connectivity index (χ4n) is 2.43. The van der Waals surface area contributed by atoms with Gasteiger partial charge in [0.05, 0.1) is 30.0 Å². The molecule has 0 amide bonds. The van der Waals surface area contributed by atoms with Crippen molar-refractivity contribution in [2.24, 2.45) is 5.92 Å². The van der Waals surface area contributed by atoms with Gasteiger partial charge in [0.1, 0.15) is 0 Å². The van der Waals surface area contributed by atoms with E-state index in [0.717, 1.165) is 0 Å². The number of aromatic nitrogens is 1. The van der Waals surface area contributed by atoms with Crippen LogP contribution < -0.4 is 0 Å². The summed E-state index contributed by atoms with van der Waals surface area (Å²) in [5.41, 5.74) is 0.198. The number of ketones is 1. The number of nitrogens with one attached hydrogen (secondary N) is 1. The van der Waals surface area contributed by atoms with Crippen LogP contribution in [0.15, 0.2) is 12.3 Å². The number of aromatic amines is 1. The maximum atomic E-state index is 12.3. The Morgan fingerprint density at radius 3 is 2.86 bits per heavy atom. The van der Waals surface area contributed by atoms with Crippen LogP contribution in [0.25, 0.3) is 0 Å². The van der Waals surface area contributed by atoms with Gasteiger partial charge in [-0.1, -0.05) is 0 Å². The van der Waals surface area contributed by atoms with Crippen LogP contribution in [0.1, 0.15) is 30.3 Å². The number of hydrogen-bond donors (Lipinski definition) is 1. The number of hydrogen-bond acceptors (Lipinski definition) is 5. The van der Waals surface area contributed by atoms with E-state index in [-0.39, 0.29) is 23.7 Å². The molecule has 1 fully saturated rings. The molecule has 0 radical (unpaired) electrons. The maximum Gasteiger partial charge on any atom is 0.287 e. The van der Waals surface area contributed by atoms with Crippen molar-refractivity contribution in [1.82, 2.24) is 9.88 Å². The van der Waals surface area contributed by atoms with Crippen LogP contribution in [0, 0.1) is 16.0 Å². The third kappa shape index (κ3) is 4.12. The predicted octanol–water partition coefficient (Wildman–Crippen LogP) is 1.85. The average molecular weight is 295 g/mol. The lowest BCUT2D eigenvalue weighted by Crippen LogP contribution is -2.40. The molecule has 1 N–H and O–H groups in total. The molecule has 1 aliphatic rings. The molecule has 2 rings (SSSR count). The number of methoxy groups -OCH3 is 1. The van der Waals surface area contributed by atoms with E-state index in [1.807, 2.05) is 0 Å². The smallest absolute Gasteiger partial charge is 0.287 e. The van der Waals surface area contributed by atoms with Gasteiger partial charge >= 0.3 is 0 Å². The fraction of sp³-hybridized carbons (Fsp3) is 0.643. The lowest BCUT2D eigenvalue weighted by molar-refractivity contribution is -0.384. The number of H-pyrrole nitrogens is 1. The molecule has 1 aromatic heterocycles. The standard InChI is InChI=1S/C14H21N3O4/c1-10(11-3-4-11)16(5-6-21-2)9-14(18)13-7-12(8-15-13)17(19)20/h7-8,10-11,15H,3-6,9H2,1-2H3. The van der Waals surface area contributed by atoms with Crippen LogP contribution in [-0.4, -0.2) is 53.4 Å². The first-order valence-corrected chi connectivity index (χ1v) is 7.12. The Morgan fingerprint density at radius 2 is 2.33 bits per heavy atom. The zero-order valence-electron chi connectivity index (χ0n) is 12.4. The Balaban J connectivity index is 2.00. The molecular formula is C14H21N3O4. The summed E-state index contributed by atoms with van der Waals surface area (Å²) in [5, 5.41) is 10.7. The van der Waals surface area contributed by atoms with Gasteiger partial charge in [-0.15, -0.1) is 0 Å². The van der Waals surface area contributed by atoms with Gasteiger partial charge in [0, 0.05) is 25.8 Å². The second kappa shape index (κ2) is 6.82. The van der Waals surface area contributed by atoms with Gasteiger partial charge in [0.15, 0.2) is 5.78 Å². The van der Waals surface area contributed by atoms with E-state index in [2.05, 4.69) is 16.8 Å². The van der Waals surface area contributed by atoms with Crippen LogP contribution in [0.2, 0.25) is 0 Å². The molecule has 0 saturated heterocycles. The van der Waals surface area contributed by atoms with E-state index in [0.29, 0.717) is 25.1 Å². The molecule has 7 nitrogen and oxygen atoms in total. The van der Waals surface area contributed by atoms with Crippen molar-refractivity contribution in [2.45, 2.75) is 25.8 Å². The molecular weight excluding hydrogens is 274 g/mol. The van der Waals surface area contributed by atoms with Gasteiger partial charge in [-0.2, -0.15) is 0 Å². The molecule has 1 aliphatic carbocycles. The predicted molar refractivity (Wildman–Crippen MR) is 77.4 cm³/mol. The van der Waals surface area contributed by atoms with Crippen LogP contribution in [0.5, 0.6) is 0 Å². The number of rotatable bonds is 9. The second-order valence-electron chi connectivity index (χ2n) is 5.49. The minimum atomic E-state index is -0.511.